The van der Waals surface area contributed by atoms with Gasteiger partial charge in [-0.1, -0.05) is 12.1 Å². The summed E-state index contributed by atoms with van der Waals surface area (Å²) < 4.78 is 3.88. The third-order valence-corrected chi connectivity index (χ3v) is 5.26. The van der Waals surface area contributed by atoms with Gasteiger partial charge in [-0.15, -0.1) is 0 Å². The van der Waals surface area contributed by atoms with Crippen molar-refractivity contribution in [1.29, 1.82) is 0 Å². The Morgan fingerprint density at radius 3 is 1.57 bits per heavy atom. The summed E-state index contributed by atoms with van der Waals surface area (Å²) in [6.07, 6.45) is -0.811. The number of hydrogen-bond donors (Lipinski definition) is 2. The number of carbonyl (C=O) groups excluding carboxylic acids is 2. The van der Waals surface area contributed by atoms with Crippen LogP contribution in [0.5, 0.6) is 0 Å². The molecule has 28 heavy (non-hydrogen) atoms. The first-order valence-corrected chi connectivity index (χ1v) is 8.89. The van der Waals surface area contributed by atoms with Crippen LogP contribution in [-0.4, -0.2) is 61.4 Å². The normalized spacial score (nSPS) is 19.7. The highest BCUT2D eigenvalue weighted by molar-refractivity contribution is 5.97. The van der Waals surface area contributed by atoms with Gasteiger partial charge in [0.2, 0.25) is 10.7 Å². The van der Waals surface area contributed by atoms with Gasteiger partial charge in [-0.25, -0.2) is 9.98 Å². The third kappa shape index (κ3) is 2.61. The molecule has 2 N–H and O–H groups in total. The van der Waals surface area contributed by atoms with E-state index in [-0.39, 0.29) is 11.6 Å². The van der Waals surface area contributed by atoms with Gasteiger partial charge in [0.1, 0.15) is 38.0 Å². The second kappa shape index (κ2) is 6.81. The van der Waals surface area contributed by atoms with Crippen molar-refractivity contribution in [2.24, 2.45) is 9.98 Å². The number of rotatable bonds is 5. The molecule has 2 aliphatic heterocycles. The monoisotopic (exact) mass is 380 g/mol. The summed E-state index contributed by atoms with van der Waals surface area (Å²) in [5.74, 6) is -0.768. The highest BCUT2D eigenvalue weighted by Gasteiger charge is 2.42. The van der Waals surface area contributed by atoms with Gasteiger partial charge in [-0.2, -0.15) is 9.15 Å². The van der Waals surface area contributed by atoms with Crippen molar-refractivity contribution in [2.75, 3.05) is 27.3 Å². The van der Waals surface area contributed by atoms with Crippen molar-refractivity contribution in [2.45, 2.75) is 12.3 Å². The van der Waals surface area contributed by atoms with Crippen LogP contribution in [0.25, 0.3) is 0 Å². The molecule has 0 saturated heterocycles. The average Bonchev–Trinajstić information content (AvgIpc) is 3.23. The fourth-order valence-corrected chi connectivity index (χ4v) is 3.78. The van der Waals surface area contributed by atoms with Crippen LogP contribution in [0.15, 0.2) is 46.4 Å². The molecule has 0 spiro atoms. The number of fused-ring (bicyclic) bond motifs is 2. The number of Topliss-reactive ketones (excluding diaryl/α,β-unsaturated/α-hetero) is 2. The molecule has 0 aromatic heterocycles. The van der Waals surface area contributed by atoms with Crippen molar-refractivity contribution < 1.29 is 19.8 Å². The number of nitrogens with zero attached hydrogens (tertiary/aromatic N) is 4. The molecular weight excluding hydrogens is 360 g/mol. The van der Waals surface area contributed by atoms with Crippen molar-refractivity contribution >= 4 is 11.6 Å². The lowest BCUT2D eigenvalue weighted by Gasteiger charge is -2.07. The fourth-order valence-electron chi connectivity index (χ4n) is 3.78. The van der Waals surface area contributed by atoms with Crippen molar-refractivity contribution in [3.8, 4) is 0 Å². The number of hydrogen-bond acceptors (Lipinski definition) is 6. The zero-order valence-corrected chi connectivity index (χ0v) is 15.5. The molecule has 2 aromatic carbocycles. The lowest BCUT2D eigenvalue weighted by molar-refractivity contribution is 0.0896. The largest absolute Gasteiger partial charge is 0.388 e. The maximum atomic E-state index is 12.1. The van der Waals surface area contributed by atoms with Crippen LogP contribution in [0.4, 0.5) is 0 Å². The topological polar surface area (TPSA) is 105 Å². The summed E-state index contributed by atoms with van der Waals surface area (Å²) in [4.78, 5) is 33.6. The quantitative estimate of drug-likeness (QED) is 0.423. The van der Waals surface area contributed by atoms with E-state index in [0.29, 0.717) is 21.8 Å². The van der Waals surface area contributed by atoms with Crippen LogP contribution in [0, 0.1) is 0 Å². The van der Waals surface area contributed by atoms with Gasteiger partial charge in [0.15, 0.2) is 11.6 Å². The lowest BCUT2D eigenvalue weighted by Crippen LogP contribution is -2.46. The Bertz CT molecular complexity index is 1170. The number of aliphatic hydroxyl groups is 2. The molecule has 0 amide bonds. The SMILES string of the molecule is C[N+]1=c2cccc(C(=O)CO)c2=NC1C1N=c2c(C(=O)CO)cccc2=[N+]1C. The summed E-state index contributed by atoms with van der Waals surface area (Å²) in [7, 11) is 3.75. The summed E-state index contributed by atoms with van der Waals surface area (Å²) in [6, 6.07) is 10.6. The number of likely N-dealkylation sites (N-methyl/N-ethyl adjacent to an activating group) is 2. The highest BCUT2D eigenvalue weighted by Crippen LogP contribution is 2.07. The Hall–Kier alpha value is -3.10. The van der Waals surface area contributed by atoms with Crippen molar-refractivity contribution in [3.05, 3.63) is 69.0 Å². The van der Waals surface area contributed by atoms with Gasteiger partial charge < -0.3 is 10.2 Å². The number of ketones is 2. The zero-order chi connectivity index (χ0) is 20.0. The first-order valence-electron chi connectivity index (χ1n) is 8.89. The summed E-state index contributed by atoms with van der Waals surface area (Å²) >= 11 is 0. The maximum Gasteiger partial charge on any atom is 0.331 e. The molecule has 0 fully saturated rings. The minimum absolute atomic E-state index is 0.378. The van der Waals surface area contributed by atoms with E-state index in [9.17, 15) is 19.8 Å². The molecule has 0 radical (unpaired) electrons. The van der Waals surface area contributed by atoms with E-state index in [1.165, 1.54) is 0 Å². The second-order valence-electron chi connectivity index (χ2n) is 6.82. The highest BCUT2D eigenvalue weighted by atomic mass is 16.3. The summed E-state index contributed by atoms with van der Waals surface area (Å²) in [6.45, 7) is -1.15. The Labute approximate surface area is 159 Å². The minimum Gasteiger partial charge on any atom is -0.388 e. The van der Waals surface area contributed by atoms with Gasteiger partial charge in [0.25, 0.3) is 0 Å². The molecule has 2 unspecified atom stereocenters. The zero-order valence-electron chi connectivity index (χ0n) is 15.5. The molecule has 142 valence electrons. The van der Waals surface area contributed by atoms with E-state index in [1.807, 2.05) is 35.4 Å². The second-order valence-corrected chi connectivity index (χ2v) is 6.82. The molecule has 8 nitrogen and oxygen atoms in total. The number of aliphatic hydroxyl groups excluding tert-OH is 2. The number of carbonyl (C=O) groups is 2. The Morgan fingerprint density at radius 1 is 0.821 bits per heavy atom. The number of benzene rings is 2. The molecule has 2 atom stereocenters. The summed E-state index contributed by atoms with van der Waals surface area (Å²) in [5.41, 5.74) is 0.757. The van der Waals surface area contributed by atoms with Crippen LogP contribution in [0.1, 0.15) is 20.7 Å². The Balaban J connectivity index is 1.89. The predicted octanol–water partition coefficient (Wildman–Crippen LogP) is -3.10. The van der Waals surface area contributed by atoms with E-state index < -0.39 is 25.5 Å². The molecule has 8 heteroatoms. The first-order chi connectivity index (χ1) is 13.5. The van der Waals surface area contributed by atoms with Gasteiger partial charge in [-0.3, -0.25) is 9.59 Å². The Morgan fingerprint density at radius 2 is 1.21 bits per heavy atom. The van der Waals surface area contributed by atoms with Gasteiger partial charge in [-0.05, 0) is 12.1 Å². The van der Waals surface area contributed by atoms with E-state index in [0.717, 1.165) is 10.7 Å². The standard InChI is InChI=1S/C20H20N4O4/c1-23-13-7-3-5-11(15(27)9-25)17(13)21-19(23)20-22-18-12(16(28)10-26)6-4-8-14(18)24(20)2/h3-8,19-20,25-26H,9-10H2,1-2H3/q+2. The lowest BCUT2D eigenvalue weighted by atomic mass is 10.1. The van der Waals surface area contributed by atoms with Crippen LogP contribution >= 0.6 is 0 Å². The summed E-state index contributed by atoms with van der Waals surface area (Å²) in [5, 5.41) is 21.1. The molecule has 2 aromatic rings. The average molecular weight is 380 g/mol. The molecule has 0 bridgehead atoms. The minimum atomic E-state index is -0.577. The molecule has 4 rings (SSSR count). The molecule has 0 saturated carbocycles. The third-order valence-electron chi connectivity index (χ3n) is 5.26. The van der Waals surface area contributed by atoms with Crippen molar-refractivity contribution in [3.63, 3.8) is 0 Å². The van der Waals surface area contributed by atoms with E-state index in [4.69, 9.17) is 9.98 Å². The smallest absolute Gasteiger partial charge is 0.331 e. The van der Waals surface area contributed by atoms with Gasteiger partial charge in [0, 0.05) is 12.1 Å². The van der Waals surface area contributed by atoms with E-state index >= 15 is 0 Å². The molecule has 2 aliphatic rings. The molecule has 2 heterocycles. The predicted molar refractivity (Wildman–Crippen MR) is 99.2 cm³/mol. The number of para-hydroxylation sites is 2. The van der Waals surface area contributed by atoms with E-state index in [2.05, 4.69) is 0 Å². The van der Waals surface area contributed by atoms with Crippen LogP contribution < -0.4 is 30.6 Å². The van der Waals surface area contributed by atoms with Crippen LogP contribution in [0.2, 0.25) is 0 Å². The van der Waals surface area contributed by atoms with Crippen LogP contribution in [-0.2, 0) is 0 Å². The van der Waals surface area contributed by atoms with Crippen molar-refractivity contribution in [1.82, 2.24) is 9.15 Å². The van der Waals surface area contributed by atoms with Gasteiger partial charge in [0.05, 0.1) is 11.1 Å². The molecule has 0 aliphatic carbocycles. The van der Waals surface area contributed by atoms with E-state index in [1.54, 1.807) is 24.3 Å². The fraction of sp³-hybridized carbons (Fsp3) is 0.300. The van der Waals surface area contributed by atoms with Crippen LogP contribution in [0.3, 0.4) is 0 Å². The van der Waals surface area contributed by atoms with Gasteiger partial charge >= 0.3 is 12.3 Å². The Kier molecular flexibility index (Phi) is 4.44. The molecular formula is C20H20N4O4+2. The maximum absolute atomic E-state index is 12.1. The first kappa shape index (κ1) is 18.3.